The highest BCUT2D eigenvalue weighted by Gasteiger charge is 2.18. The first-order valence-electron chi connectivity index (χ1n) is 8.90. The van der Waals surface area contributed by atoms with Crippen molar-refractivity contribution >= 4 is 16.9 Å². The second kappa shape index (κ2) is 7.17. The number of halogens is 1. The number of hydrogen-bond acceptors (Lipinski definition) is 5. The van der Waals surface area contributed by atoms with Gasteiger partial charge in [0.05, 0.1) is 11.3 Å². The van der Waals surface area contributed by atoms with Crippen LogP contribution in [0.2, 0.25) is 0 Å². The summed E-state index contributed by atoms with van der Waals surface area (Å²) < 4.78 is 15.0. The number of aromatic amines is 1. The Morgan fingerprint density at radius 3 is 2.69 bits per heavy atom. The Kier molecular flexibility index (Phi) is 4.53. The lowest BCUT2D eigenvalue weighted by atomic mass is 9.96. The van der Waals surface area contributed by atoms with Crippen molar-refractivity contribution in [1.82, 2.24) is 15.0 Å². The molecule has 7 heteroatoms. The van der Waals surface area contributed by atoms with Gasteiger partial charge >= 0.3 is 0 Å². The first kappa shape index (κ1) is 18.3. The predicted molar refractivity (Wildman–Crippen MR) is 110 cm³/mol. The Morgan fingerprint density at radius 1 is 1.10 bits per heavy atom. The molecule has 0 radical (unpaired) electrons. The van der Waals surface area contributed by atoms with Crippen molar-refractivity contribution in [3.05, 3.63) is 76.0 Å². The SMILES string of the molecule is CNc1cc(-c2cc3ccc(=O)[nH]c3nc2-c2cccc(C#N)c2F)cc(C)n1. The number of benzene rings is 1. The molecule has 0 aliphatic rings. The van der Waals surface area contributed by atoms with Gasteiger partial charge in [-0.15, -0.1) is 0 Å². The third-order valence-corrected chi connectivity index (χ3v) is 4.60. The van der Waals surface area contributed by atoms with Gasteiger partial charge in [-0.25, -0.2) is 14.4 Å². The molecule has 3 heterocycles. The zero-order valence-electron chi connectivity index (χ0n) is 15.7. The molecule has 0 fully saturated rings. The number of hydrogen-bond donors (Lipinski definition) is 2. The van der Waals surface area contributed by atoms with Gasteiger partial charge in [0, 0.05) is 35.3 Å². The van der Waals surface area contributed by atoms with E-state index in [1.165, 1.54) is 12.1 Å². The van der Waals surface area contributed by atoms with Crippen LogP contribution in [0.4, 0.5) is 10.2 Å². The summed E-state index contributed by atoms with van der Waals surface area (Å²) in [4.78, 5) is 23.4. The van der Waals surface area contributed by atoms with Gasteiger partial charge in [0.25, 0.3) is 0 Å². The smallest absolute Gasteiger partial charge is 0.249 e. The maximum Gasteiger partial charge on any atom is 0.249 e. The molecule has 0 saturated heterocycles. The molecule has 6 nitrogen and oxygen atoms in total. The van der Waals surface area contributed by atoms with E-state index in [-0.39, 0.29) is 16.7 Å². The summed E-state index contributed by atoms with van der Waals surface area (Å²) in [6.45, 7) is 1.87. The molecule has 4 aromatic rings. The number of H-pyrrole nitrogens is 1. The predicted octanol–water partition coefficient (Wildman–Crippen LogP) is 4.01. The van der Waals surface area contributed by atoms with Crippen LogP contribution in [0, 0.1) is 24.1 Å². The minimum atomic E-state index is -0.652. The molecule has 0 atom stereocenters. The van der Waals surface area contributed by atoms with Crippen molar-refractivity contribution in [2.75, 3.05) is 12.4 Å². The Hall–Kier alpha value is -4.05. The van der Waals surface area contributed by atoms with Gasteiger partial charge < -0.3 is 10.3 Å². The van der Waals surface area contributed by atoms with E-state index in [1.807, 2.05) is 31.2 Å². The first-order chi connectivity index (χ1) is 14.0. The van der Waals surface area contributed by atoms with Crippen molar-refractivity contribution in [2.24, 2.45) is 0 Å². The molecule has 0 spiro atoms. The molecule has 0 saturated carbocycles. The lowest BCUT2D eigenvalue weighted by Crippen LogP contribution is -2.05. The maximum absolute atomic E-state index is 15.0. The van der Waals surface area contributed by atoms with Gasteiger partial charge in [0.15, 0.2) is 0 Å². The quantitative estimate of drug-likeness (QED) is 0.556. The van der Waals surface area contributed by atoms with E-state index < -0.39 is 5.82 Å². The van der Waals surface area contributed by atoms with E-state index in [1.54, 1.807) is 25.2 Å². The van der Waals surface area contributed by atoms with Crippen LogP contribution in [-0.4, -0.2) is 22.0 Å². The molecular formula is C22H16FN5O. The van der Waals surface area contributed by atoms with Crippen LogP contribution in [0.1, 0.15) is 11.3 Å². The monoisotopic (exact) mass is 385 g/mol. The zero-order chi connectivity index (χ0) is 20.5. The summed E-state index contributed by atoms with van der Waals surface area (Å²) in [5, 5.41) is 12.9. The van der Waals surface area contributed by atoms with Gasteiger partial charge in [-0.05, 0) is 48.9 Å². The van der Waals surface area contributed by atoms with Crippen molar-refractivity contribution < 1.29 is 4.39 Å². The molecule has 4 rings (SSSR count). The number of nitrogens with zero attached hydrogens (tertiary/aromatic N) is 3. The number of fused-ring (bicyclic) bond motifs is 1. The molecule has 142 valence electrons. The maximum atomic E-state index is 15.0. The molecule has 1 aromatic carbocycles. The van der Waals surface area contributed by atoms with Gasteiger partial charge in [-0.3, -0.25) is 4.79 Å². The molecule has 29 heavy (non-hydrogen) atoms. The van der Waals surface area contributed by atoms with E-state index >= 15 is 0 Å². The van der Waals surface area contributed by atoms with E-state index in [2.05, 4.69) is 20.3 Å². The van der Waals surface area contributed by atoms with Gasteiger partial charge in [0.2, 0.25) is 5.56 Å². The average molecular weight is 385 g/mol. The molecular weight excluding hydrogens is 369 g/mol. The van der Waals surface area contributed by atoms with Crippen molar-refractivity contribution in [1.29, 1.82) is 5.26 Å². The lowest BCUT2D eigenvalue weighted by molar-refractivity contribution is 0.627. The number of pyridine rings is 3. The number of anilines is 1. The van der Waals surface area contributed by atoms with Crippen LogP contribution in [0.15, 0.2) is 53.3 Å². The topological polar surface area (TPSA) is 94.5 Å². The van der Waals surface area contributed by atoms with Crippen molar-refractivity contribution in [3.8, 4) is 28.5 Å². The van der Waals surface area contributed by atoms with Crippen LogP contribution in [0.3, 0.4) is 0 Å². The minimum Gasteiger partial charge on any atom is -0.373 e. The molecule has 0 bridgehead atoms. The largest absolute Gasteiger partial charge is 0.373 e. The van der Waals surface area contributed by atoms with Gasteiger partial charge in [-0.1, -0.05) is 6.07 Å². The summed E-state index contributed by atoms with van der Waals surface area (Å²) in [5.41, 5.74) is 2.74. The fourth-order valence-corrected chi connectivity index (χ4v) is 3.26. The molecule has 0 aliphatic carbocycles. The standard InChI is InChI=1S/C22H16FN5O/c1-12-8-15(10-18(25-2)26-12)17-9-13-6-7-19(29)27-22(13)28-21(17)16-5-3-4-14(11-24)20(16)23/h3-10H,1-2H3,(H,25,26)(H,27,28,29). The molecule has 0 unspecified atom stereocenters. The van der Waals surface area contributed by atoms with Crippen molar-refractivity contribution in [2.45, 2.75) is 6.92 Å². The summed E-state index contributed by atoms with van der Waals surface area (Å²) in [7, 11) is 1.77. The highest BCUT2D eigenvalue weighted by molar-refractivity contribution is 5.90. The van der Waals surface area contributed by atoms with E-state index in [0.29, 0.717) is 28.1 Å². The Balaban J connectivity index is 2.10. The Labute approximate surface area is 165 Å². The second-order valence-electron chi connectivity index (χ2n) is 6.56. The van der Waals surface area contributed by atoms with E-state index in [0.717, 1.165) is 11.3 Å². The number of nitriles is 1. The summed E-state index contributed by atoms with van der Waals surface area (Å²) in [6, 6.07) is 15.1. The van der Waals surface area contributed by atoms with E-state index in [4.69, 9.17) is 0 Å². The molecule has 3 aromatic heterocycles. The van der Waals surface area contributed by atoms with Crippen LogP contribution in [-0.2, 0) is 0 Å². The van der Waals surface area contributed by atoms with Gasteiger partial charge in [0.1, 0.15) is 23.4 Å². The number of aryl methyl sites for hydroxylation is 1. The number of rotatable bonds is 3. The minimum absolute atomic E-state index is 0.0706. The molecule has 0 amide bonds. The fraction of sp³-hybridized carbons (Fsp3) is 0.0909. The van der Waals surface area contributed by atoms with Crippen LogP contribution in [0.25, 0.3) is 33.4 Å². The summed E-state index contributed by atoms with van der Waals surface area (Å²) in [6.07, 6.45) is 0. The Bertz CT molecular complexity index is 1350. The van der Waals surface area contributed by atoms with Crippen LogP contribution < -0.4 is 10.9 Å². The normalized spacial score (nSPS) is 10.7. The fourth-order valence-electron chi connectivity index (χ4n) is 3.26. The average Bonchev–Trinajstić information content (AvgIpc) is 2.72. The van der Waals surface area contributed by atoms with Crippen LogP contribution in [0.5, 0.6) is 0 Å². The number of nitrogens with one attached hydrogen (secondary N) is 2. The van der Waals surface area contributed by atoms with Gasteiger partial charge in [-0.2, -0.15) is 5.26 Å². The highest BCUT2D eigenvalue weighted by atomic mass is 19.1. The summed E-state index contributed by atoms with van der Waals surface area (Å²) in [5.74, 6) is 0.0137. The van der Waals surface area contributed by atoms with Crippen molar-refractivity contribution in [3.63, 3.8) is 0 Å². The third-order valence-electron chi connectivity index (χ3n) is 4.60. The molecule has 2 N–H and O–H groups in total. The summed E-state index contributed by atoms with van der Waals surface area (Å²) >= 11 is 0. The third kappa shape index (κ3) is 3.32. The Morgan fingerprint density at radius 2 is 1.93 bits per heavy atom. The second-order valence-corrected chi connectivity index (χ2v) is 6.56. The zero-order valence-corrected chi connectivity index (χ0v) is 15.7. The van der Waals surface area contributed by atoms with E-state index in [9.17, 15) is 14.4 Å². The lowest BCUT2D eigenvalue weighted by Gasteiger charge is -2.14. The van der Waals surface area contributed by atoms with Crippen LogP contribution >= 0.6 is 0 Å². The first-order valence-corrected chi connectivity index (χ1v) is 8.90. The highest BCUT2D eigenvalue weighted by Crippen LogP contribution is 2.35. The molecule has 0 aliphatic heterocycles. The number of aromatic nitrogens is 3.